The van der Waals surface area contributed by atoms with Crippen LogP contribution in [0.25, 0.3) is 0 Å². The van der Waals surface area contributed by atoms with E-state index in [0.29, 0.717) is 25.2 Å². The predicted octanol–water partition coefficient (Wildman–Crippen LogP) is 1.91. The number of aliphatic carboxylic acids is 1. The highest BCUT2D eigenvalue weighted by atomic mass is 16.4. The number of carbonyl (C=O) groups is 3. The molecule has 1 saturated heterocycles. The van der Waals surface area contributed by atoms with E-state index < -0.39 is 12.0 Å². The average Bonchev–Trinajstić information content (AvgIpc) is 3.45. The van der Waals surface area contributed by atoms with Crippen molar-refractivity contribution in [3.8, 4) is 0 Å². The van der Waals surface area contributed by atoms with Crippen molar-refractivity contribution < 1.29 is 19.5 Å². The van der Waals surface area contributed by atoms with Crippen molar-refractivity contribution in [3.63, 3.8) is 0 Å². The van der Waals surface area contributed by atoms with Crippen molar-refractivity contribution in [1.29, 1.82) is 0 Å². The summed E-state index contributed by atoms with van der Waals surface area (Å²) < 4.78 is 0. The molecule has 134 valence electrons. The number of carboxylic acid groups (broad SMARTS) is 1. The van der Waals surface area contributed by atoms with Gasteiger partial charge in [0.05, 0.1) is 5.92 Å². The SMILES string of the molecule is O=C(NC(C(=O)O)C1CC1)C1CCCN(C(=O)Nc2ccccc2)C1. The Morgan fingerprint density at radius 2 is 1.84 bits per heavy atom. The second-order valence-electron chi connectivity index (χ2n) is 6.74. The molecule has 0 radical (unpaired) electrons. The van der Waals surface area contributed by atoms with Gasteiger partial charge in [-0.3, -0.25) is 4.79 Å². The number of rotatable bonds is 5. The number of benzene rings is 1. The lowest BCUT2D eigenvalue weighted by Crippen LogP contribution is -2.50. The summed E-state index contributed by atoms with van der Waals surface area (Å²) in [6.45, 7) is 0.898. The number of nitrogens with one attached hydrogen (secondary N) is 2. The fraction of sp³-hybridized carbons (Fsp3) is 0.500. The Hall–Kier alpha value is -2.57. The zero-order valence-electron chi connectivity index (χ0n) is 14.0. The van der Waals surface area contributed by atoms with Gasteiger partial charge in [-0.05, 0) is 43.7 Å². The summed E-state index contributed by atoms with van der Waals surface area (Å²) >= 11 is 0. The molecule has 0 spiro atoms. The normalized spacial score (nSPS) is 21.3. The van der Waals surface area contributed by atoms with Gasteiger partial charge in [0, 0.05) is 18.8 Å². The molecule has 2 unspecified atom stereocenters. The summed E-state index contributed by atoms with van der Waals surface area (Å²) in [4.78, 5) is 37.7. The van der Waals surface area contributed by atoms with E-state index in [1.807, 2.05) is 18.2 Å². The molecular weight excluding hydrogens is 322 g/mol. The predicted molar refractivity (Wildman–Crippen MR) is 92.0 cm³/mol. The van der Waals surface area contributed by atoms with Crippen molar-refractivity contribution in [3.05, 3.63) is 30.3 Å². The molecule has 7 heteroatoms. The molecule has 2 fully saturated rings. The summed E-state index contributed by atoms with van der Waals surface area (Å²) in [5.74, 6) is -1.57. The van der Waals surface area contributed by atoms with Crippen LogP contribution in [0.3, 0.4) is 0 Å². The minimum Gasteiger partial charge on any atom is -0.480 e. The van der Waals surface area contributed by atoms with Gasteiger partial charge in [0.15, 0.2) is 0 Å². The summed E-state index contributed by atoms with van der Waals surface area (Å²) in [6.07, 6.45) is 3.07. The number of hydrogen-bond donors (Lipinski definition) is 3. The lowest BCUT2D eigenvalue weighted by Gasteiger charge is -2.32. The van der Waals surface area contributed by atoms with Crippen LogP contribution in [0.1, 0.15) is 25.7 Å². The molecule has 3 N–H and O–H groups in total. The first-order chi connectivity index (χ1) is 12.0. The second kappa shape index (κ2) is 7.55. The molecule has 1 heterocycles. The minimum atomic E-state index is -0.981. The van der Waals surface area contributed by atoms with Gasteiger partial charge in [-0.15, -0.1) is 0 Å². The number of amides is 3. The maximum Gasteiger partial charge on any atom is 0.326 e. The van der Waals surface area contributed by atoms with Crippen LogP contribution >= 0.6 is 0 Å². The number of likely N-dealkylation sites (tertiary alicyclic amines) is 1. The average molecular weight is 345 g/mol. The zero-order valence-corrected chi connectivity index (χ0v) is 14.0. The van der Waals surface area contributed by atoms with Crippen LogP contribution in [-0.2, 0) is 9.59 Å². The van der Waals surface area contributed by atoms with Crippen LogP contribution in [0.5, 0.6) is 0 Å². The molecule has 1 saturated carbocycles. The number of carboxylic acids is 1. The fourth-order valence-corrected chi connectivity index (χ4v) is 3.18. The molecule has 2 aliphatic rings. The Labute approximate surface area is 146 Å². The van der Waals surface area contributed by atoms with Gasteiger partial charge in [0.2, 0.25) is 5.91 Å². The lowest BCUT2D eigenvalue weighted by molar-refractivity contribution is -0.143. The Balaban J connectivity index is 1.55. The standard InChI is InChI=1S/C18H23N3O4/c22-16(20-15(17(23)24)12-8-9-12)13-5-4-10-21(11-13)18(25)19-14-6-2-1-3-7-14/h1-3,6-7,12-13,15H,4-5,8-11H2,(H,19,25)(H,20,22)(H,23,24). The Kier molecular flexibility index (Phi) is 5.21. The number of nitrogens with zero attached hydrogens (tertiary/aromatic N) is 1. The lowest BCUT2D eigenvalue weighted by atomic mass is 9.96. The van der Waals surface area contributed by atoms with Gasteiger partial charge in [-0.1, -0.05) is 18.2 Å². The third-order valence-corrected chi connectivity index (χ3v) is 4.76. The molecule has 1 aliphatic heterocycles. The van der Waals surface area contributed by atoms with Gasteiger partial charge >= 0.3 is 12.0 Å². The number of hydrogen-bond acceptors (Lipinski definition) is 3. The van der Waals surface area contributed by atoms with Crippen molar-refractivity contribution in [2.75, 3.05) is 18.4 Å². The topological polar surface area (TPSA) is 98.7 Å². The van der Waals surface area contributed by atoms with Crippen LogP contribution in [-0.4, -0.2) is 47.0 Å². The molecule has 7 nitrogen and oxygen atoms in total. The monoisotopic (exact) mass is 345 g/mol. The zero-order chi connectivity index (χ0) is 17.8. The van der Waals surface area contributed by atoms with E-state index >= 15 is 0 Å². The van der Waals surface area contributed by atoms with Crippen LogP contribution in [0.4, 0.5) is 10.5 Å². The third kappa shape index (κ3) is 4.49. The number of piperidine rings is 1. The maximum absolute atomic E-state index is 12.4. The summed E-state index contributed by atoms with van der Waals surface area (Å²) in [7, 11) is 0. The van der Waals surface area contributed by atoms with E-state index in [0.717, 1.165) is 19.3 Å². The molecule has 1 aromatic rings. The van der Waals surface area contributed by atoms with Crippen LogP contribution < -0.4 is 10.6 Å². The van der Waals surface area contributed by atoms with Crippen LogP contribution in [0.2, 0.25) is 0 Å². The van der Waals surface area contributed by atoms with Crippen molar-refractivity contribution >= 4 is 23.6 Å². The highest BCUT2D eigenvalue weighted by molar-refractivity contribution is 5.90. The maximum atomic E-state index is 12.4. The number of urea groups is 1. The molecule has 3 rings (SSSR count). The van der Waals surface area contributed by atoms with E-state index in [-0.39, 0.29) is 23.8 Å². The molecular formula is C18H23N3O4. The van der Waals surface area contributed by atoms with Gasteiger partial charge < -0.3 is 20.6 Å². The van der Waals surface area contributed by atoms with Crippen LogP contribution in [0.15, 0.2) is 30.3 Å². The highest BCUT2D eigenvalue weighted by Crippen LogP contribution is 2.33. The van der Waals surface area contributed by atoms with E-state index in [1.165, 1.54) is 0 Å². The van der Waals surface area contributed by atoms with Crippen molar-refractivity contribution in [2.24, 2.45) is 11.8 Å². The molecule has 25 heavy (non-hydrogen) atoms. The Morgan fingerprint density at radius 1 is 1.12 bits per heavy atom. The first-order valence-electron chi connectivity index (χ1n) is 8.69. The number of anilines is 1. The van der Waals surface area contributed by atoms with Crippen molar-refractivity contribution in [1.82, 2.24) is 10.2 Å². The second-order valence-corrected chi connectivity index (χ2v) is 6.74. The molecule has 2 atom stereocenters. The Bertz CT molecular complexity index is 645. The van der Waals surface area contributed by atoms with E-state index in [9.17, 15) is 19.5 Å². The Morgan fingerprint density at radius 3 is 2.48 bits per heavy atom. The largest absolute Gasteiger partial charge is 0.480 e. The van der Waals surface area contributed by atoms with E-state index in [2.05, 4.69) is 10.6 Å². The fourth-order valence-electron chi connectivity index (χ4n) is 3.18. The summed E-state index contributed by atoms with van der Waals surface area (Å²) in [6, 6.07) is 8.12. The quantitative estimate of drug-likeness (QED) is 0.759. The molecule has 0 bridgehead atoms. The molecule has 0 aromatic heterocycles. The highest BCUT2D eigenvalue weighted by Gasteiger charge is 2.39. The molecule has 1 aromatic carbocycles. The van der Waals surface area contributed by atoms with E-state index in [1.54, 1.807) is 17.0 Å². The van der Waals surface area contributed by atoms with E-state index in [4.69, 9.17) is 0 Å². The number of carbonyl (C=O) groups excluding carboxylic acids is 2. The summed E-state index contributed by atoms with van der Waals surface area (Å²) in [5, 5.41) is 14.7. The van der Waals surface area contributed by atoms with Crippen LogP contribution in [0, 0.1) is 11.8 Å². The molecule has 1 aliphatic carbocycles. The smallest absolute Gasteiger partial charge is 0.326 e. The van der Waals surface area contributed by atoms with Gasteiger partial charge in [-0.25, -0.2) is 9.59 Å². The van der Waals surface area contributed by atoms with Gasteiger partial charge in [0.1, 0.15) is 6.04 Å². The first kappa shape index (κ1) is 17.3. The van der Waals surface area contributed by atoms with Gasteiger partial charge in [-0.2, -0.15) is 0 Å². The number of para-hydroxylation sites is 1. The molecule has 3 amide bonds. The third-order valence-electron chi connectivity index (χ3n) is 4.76. The summed E-state index contributed by atoms with van der Waals surface area (Å²) in [5.41, 5.74) is 0.707. The minimum absolute atomic E-state index is 0.0440. The van der Waals surface area contributed by atoms with Crippen molar-refractivity contribution in [2.45, 2.75) is 31.7 Å². The van der Waals surface area contributed by atoms with Gasteiger partial charge in [0.25, 0.3) is 0 Å². The first-order valence-corrected chi connectivity index (χ1v) is 8.69.